The van der Waals surface area contributed by atoms with Gasteiger partial charge in [0.05, 0.1) is 0 Å². The van der Waals surface area contributed by atoms with Crippen molar-refractivity contribution in [3.63, 3.8) is 0 Å². The number of piperidine rings is 1. The zero-order valence-electron chi connectivity index (χ0n) is 11.7. The van der Waals surface area contributed by atoms with Gasteiger partial charge in [-0.2, -0.15) is 0 Å². The van der Waals surface area contributed by atoms with E-state index in [-0.39, 0.29) is 18.5 Å². The Bertz CT molecular complexity index is 286. The van der Waals surface area contributed by atoms with E-state index in [1.54, 1.807) is 7.05 Å². The predicted molar refractivity (Wildman–Crippen MR) is 71.3 cm³/mol. The first-order valence-corrected chi connectivity index (χ1v) is 6.81. The van der Waals surface area contributed by atoms with Crippen LogP contribution in [0.1, 0.15) is 33.1 Å². The molecule has 0 bridgehead atoms. The molecule has 5 heteroatoms. The zero-order chi connectivity index (χ0) is 13.5. The summed E-state index contributed by atoms with van der Waals surface area (Å²) < 4.78 is 0. The molecule has 0 aliphatic carbocycles. The molecule has 0 saturated carbocycles. The van der Waals surface area contributed by atoms with Crippen LogP contribution in [0.4, 0.5) is 4.79 Å². The van der Waals surface area contributed by atoms with E-state index in [1.807, 2.05) is 11.8 Å². The maximum Gasteiger partial charge on any atom is 0.320 e. The molecule has 1 aliphatic rings. The summed E-state index contributed by atoms with van der Waals surface area (Å²) in [6.07, 6.45) is 3.02. The van der Waals surface area contributed by atoms with Gasteiger partial charge in [0.25, 0.3) is 0 Å². The van der Waals surface area contributed by atoms with E-state index >= 15 is 0 Å². The maximum absolute atomic E-state index is 12.1. The second kappa shape index (κ2) is 7.24. The van der Waals surface area contributed by atoms with Gasteiger partial charge in [0.1, 0.15) is 6.54 Å². The van der Waals surface area contributed by atoms with Gasteiger partial charge < -0.3 is 15.1 Å². The third kappa shape index (κ3) is 4.55. The van der Waals surface area contributed by atoms with E-state index in [9.17, 15) is 9.59 Å². The molecule has 0 aromatic rings. The van der Waals surface area contributed by atoms with Crippen molar-refractivity contribution >= 4 is 11.9 Å². The van der Waals surface area contributed by atoms with Crippen LogP contribution in [0.3, 0.4) is 0 Å². The molecule has 0 aromatic carbocycles. The van der Waals surface area contributed by atoms with E-state index in [0.717, 1.165) is 32.4 Å². The highest BCUT2D eigenvalue weighted by molar-refractivity contribution is 5.83. The lowest BCUT2D eigenvalue weighted by atomic mass is 10.00. The number of carbonyl (C=O) groups is 2. The number of nitrogens with zero attached hydrogens (tertiary/aromatic N) is 2. The minimum absolute atomic E-state index is 0.0338. The molecule has 0 radical (unpaired) electrons. The summed E-state index contributed by atoms with van der Waals surface area (Å²) in [4.78, 5) is 27.0. The molecule has 0 unspecified atom stereocenters. The van der Waals surface area contributed by atoms with E-state index < -0.39 is 0 Å². The first-order chi connectivity index (χ1) is 8.54. The smallest absolute Gasteiger partial charge is 0.320 e. The van der Waals surface area contributed by atoms with Crippen molar-refractivity contribution in [1.82, 2.24) is 15.1 Å². The molecule has 0 atom stereocenters. The molecule has 104 valence electrons. The second-order valence-electron chi connectivity index (χ2n) is 5.16. The minimum Gasteiger partial charge on any atom is -0.355 e. The molecule has 18 heavy (non-hydrogen) atoms. The molecular weight excluding hydrogens is 230 g/mol. The van der Waals surface area contributed by atoms with Crippen molar-refractivity contribution < 1.29 is 9.59 Å². The van der Waals surface area contributed by atoms with Crippen molar-refractivity contribution in [3.05, 3.63) is 0 Å². The van der Waals surface area contributed by atoms with Crippen LogP contribution < -0.4 is 5.32 Å². The van der Waals surface area contributed by atoms with Gasteiger partial charge >= 0.3 is 6.03 Å². The fourth-order valence-electron chi connectivity index (χ4n) is 2.04. The van der Waals surface area contributed by atoms with Crippen molar-refractivity contribution in [2.24, 2.45) is 5.92 Å². The van der Waals surface area contributed by atoms with Crippen molar-refractivity contribution in [2.45, 2.75) is 33.1 Å². The molecule has 1 saturated heterocycles. The second-order valence-corrected chi connectivity index (χ2v) is 5.16. The molecule has 1 rings (SSSR count). The lowest BCUT2D eigenvalue weighted by Crippen LogP contribution is -2.48. The highest BCUT2D eigenvalue weighted by atomic mass is 16.2. The van der Waals surface area contributed by atoms with Gasteiger partial charge in [-0.1, -0.05) is 13.8 Å². The highest BCUT2D eigenvalue weighted by Crippen LogP contribution is 2.16. The van der Waals surface area contributed by atoms with Crippen molar-refractivity contribution in [1.29, 1.82) is 0 Å². The Labute approximate surface area is 110 Å². The third-order valence-corrected chi connectivity index (χ3v) is 3.33. The zero-order valence-corrected chi connectivity index (χ0v) is 11.7. The fraction of sp³-hybridized carbons (Fsp3) is 0.846. The maximum atomic E-state index is 12.1. The van der Waals surface area contributed by atoms with E-state index in [0.29, 0.717) is 12.5 Å². The molecule has 1 heterocycles. The third-order valence-electron chi connectivity index (χ3n) is 3.33. The molecule has 0 spiro atoms. The average Bonchev–Trinajstić information content (AvgIpc) is 2.36. The standard InChI is InChI=1S/C13H25N3O2/c1-4-7-14-12(17)10-15(3)13(18)16-8-5-11(2)6-9-16/h11H,4-10H2,1-3H3,(H,14,17). The fourth-order valence-corrected chi connectivity index (χ4v) is 2.04. The average molecular weight is 255 g/mol. The molecular formula is C13H25N3O2. The van der Waals surface area contributed by atoms with Gasteiger partial charge in [-0.25, -0.2) is 4.79 Å². The van der Waals surface area contributed by atoms with Crippen LogP contribution >= 0.6 is 0 Å². The van der Waals surface area contributed by atoms with Crippen LogP contribution in [-0.2, 0) is 4.79 Å². The SMILES string of the molecule is CCCNC(=O)CN(C)C(=O)N1CCC(C)CC1. The molecule has 1 N–H and O–H groups in total. The topological polar surface area (TPSA) is 52.7 Å². The summed E-state index contributed by atoms with van der Waals surface area (Å²) in [7, 11) is 1.69. The largest absolute Gasteiger partial charge is 0.355 e. The number of urea groups is 1. The molecule has 5 nitrogen and oxygen atoms in total. The first-order valence-electron chi connectivity index (χ1n) is 6.81. The Kier molecular flexibility index (Phi) is 5.95. The van der Waals surface area contributed by atoms with Crippen LogP contribution in [0.15, 0.2) is 0 Å². The van der Waals surface area contributed by atoms with E-state index in [4.69, 9.17) is 0 Å². The van der Waals surface area contributed by atoms with Gasteiger partial charge in [-0.15, -0.1) is 0 Å². The molecule has 1 aliphatic heterocycles. The van der Waals surface area contributed by atoms with Crippen LogP contribution in [0, 0.1) is 5.92 Å². The van der Waals surface area contributed by atoms with Gasteiger partial charge in [-0.05, 0) is 25.2 Å². The monoisotopic (exact) mass is 255 g/mol. The van der Waals surface area contributed by atoms with Gasteiger partial charge in [0.15, 0.2) is 0 Å². The number of carbonyl (C=O) groups excluding carboxylic acids is 2. The lowest BCUT2D eigenvalue weighted by Gasteiger charge is -2.33. The number of likely N-dealkylation sites (tertiary alicyclic amines) is 1. The normalized spacial score (nSPS) is 16.5. The van der Waals surface area contributed by atoms with Gasteiger partial charge in [-0.3, -0.25) is 4.79 Å². The lowest BCUT2D eigenvalue weighted by molar-refractivity contribution is -0.121. The van der Waals surface area contributed by atoms with Crippen LogP contribution in [0.2, 0.25) is 0 Å². The summed E-state index contributed by atoms with van der Waals surface area (Å²) in [6.45, 7) is 6.64. The van der Waals surface area contributed by atoms with Crippen LogP contribution in [-0.4, -0.2) is 55.0 Å². The van der Waals surface area contributed by atoms with Crippen molar-refractivity contribution in [2.75, 3.05) is 33.2 Å². The summed E-state index contributed by atoms with van der Waals surface area (Å²) >= 11 is 0. The number of nitrogens with one attached hydrogen (secondary N) is 1. The molecule has 3 amide bonds. The Balaban J connectivity index is 2.34. The Morgan fingerprint density at radius 2 is 1.94 bits per heavy atom. The molecule has 1 fully saturated rings. The van der Waals surface area contributed by atoms with E-state index in [2.05, 4.69) is 12.2 Å². The first kappa shape index (κ1) is 14.8. The number of likely N-dealkylation sites (N-methyl/N-ethyl adjacent to an activating group) is 1. The summed E-state index contributed by atoms with van der Waals surface area (Å²) in [6, 6.07) is -0.0338. The quantitative estimate of drug-likeness (QED) is 0.823. The number of amides is 3. The minimum atomic E-state index is -0.0851. The van der Waals surface area contributed by atoms with Gasteiger partial charge in [0.2, 0.25) is 5.91 Å². The highest BCUT2D eigenvalue weighted by Gasteiger charge is 2.23. The summed E-state index contributed by atoms with van der Waals surface area (Å²) in [5.41, 5.74) is 0. The van der Waals surface area contributed by atoms with Crippen LogP contribution in [0.5, 0.6) is 0 Å². The Morgan fingerprint density at radius 1 is 1.33 bits per heavy atom. The number of hydrogen-bond donors (Lipinski definition) is 1. The Morgan fingerprint density at radius 3 is 2.50 bits per heavy atom. The number of rotatable bonds is 4. The Hall–Kier alpha value is -1.26. The number of hydrogen-bond acceptors (Lipinski definition) is 2. The predicted octanol–water partition coefficient (Wildman–Crippen LogP) is 1.30. The molecule has 0 aromatic heterocycles. The summed E-state index contributed by atoms with van der Waals surface area (Å²) in [5.74, 6) is 0.616. The van der Waals surface area contributed by atoms with E-state index in [1.165, 1.54) is 4.90 Å². The summed E-state index contributed by atoms with van der Waals surface area (Å²) in [5, 5.41) is 2.78. The van der Waals surface area contributed by atoms with Gasteiger partial charge in [0, 0.05) is 26.7 Å². The van der Waals surface area contributed by atoms with Crippen LogP contribution in [0.25, 0.3) is 0 Å². The van der Waals surface area contributed by atoms with Crippen molar-refractivity contribution in [3.8, 4) is 0 Å².